The van der Waals surface area contributed by atoms with Crippen molar-refractivity contribution < 1.29 is 17.7 Å². The molecule has 0 amide bonds. The van der Waals surface area contributed by atoms with E-state index in [1.807, 2.05) is 11.8 Å². The molecule has 31 heavy (non-hydrogen) atoms. The standard InChI is InChI=1S/C13H17NO4S2.C9H13NS/c1-9(19)14-6-4-10-5-7-18-13-3-2-11(8-12(10)13)20(15,16)17;1-2-10(8-11)9-6-4-3-5-7-9/h2-3,8,10H,4-7H2,1H3,(H,14,19)(H,15,16,17);1,8-9H,3-7H2. The lowest BCUT2D eigenvalue weighted by atomic mass is 9.90. The molecule has 0 aromatic heterocycles. The average molecular weight is 483 g/mol. The summed E-state index contributed by atoms with van der Waals surface area (Å²) in [5, 5.41) is 3.09. The Labute approximate surface area is 196 Å². The van der Waals surface area contributed by atoms with E-state index in [1.54, 1.807) is 11.6 Å². The predicted molar refractivity (Wildman–Crippen MR) is 131 cm³/mol. The zero-order valence-electron chi connectivity index (χ0n) is 17.7. The third-order valence-electron chi connectivity index (χ3n) is 5.54. The number of terminal acetylenes is 1. The molecule has 1 aromatic rings. The smallest absolute Gasteiger partial charge is 0.294 e. The van der Waals surface area contributed by atoms with Gasteiger partial charge in [0.15, 0.2) is 0 Å². The second kappa shape index (κ2) is 12.3. The van der Waals surface area contributed by atoms with Crippen molar-refractivity contribution in [3.63, 3.8) is 0 Å². The number of rotatable bonds is 6. The lowest BCUT2D eigenvalue weighted by molar-refractivity contribution is 0.263. The zero-order valence-corrected chi connectivity index (χ0v) is 20.2. The molecular formula is C22H30N2O4S3. The summed E-state index contributed by atoms with van der Waals surface area (Å²) in [6, 6.07) is 7.57. The molecule has 170 valence electrons. The van der Waals surface area contributed by atoms with Crippen LogP contribution in [0.5, 0.6) is 5.75 Å². The zero-order chi connectivity index (χ0) is 22.9. The maximum Gasteiger partial charge on any atom is 0.294 e. The minimum absolute atomic E-state index is 0.0919. The summed E-state index contributed by atoms with van der Waals surface area (Å²) < 4.78 is 37.1. The fourth-order valence-electron chi connectivity index (χ4n) is 3.91. The summed E-state index contributed by atoms with van der Waals surface area (Å²) in [6.07, 6.45) is 13.3. The van der Waals surface area contributed by atoms with Crippen LogP contribution in [-0.4, -0.2) is 47.5 Å². The Hall–Kier alpha value is -1.73. The molecule has 9 heteroatoms. The Kier molecular flexibility index (Phi) is 10.2. The van der Waals surface area contributed by atoms with Crippen molar-refractivity contribution in [1.29, 1.82) is 0 Å². The molecule has 1 aliphatic carbocycles. The first-order valence-electron chi connectivity index (χ1n) is 10.4. The number of fused-ring (bicyclic) bond motifs is 1. The van der Waals surface area contributed by atoms with Gasteiger partial charge in [-0.2, -0.15) is 8.42 Å². The van der Waals surface area contributed by atoms with Crippen LogP contribution in [0.4, 0.5) is 0 Å². The van der Waals surface area contributed by atoms with Crippen molar-refractivity contribution in [2.75, 3.05) is 13.2 Å². The summed E-state index contributed by atoms with van der Waals surface area (Å²) in [6.45, 7) is 3.17. The molecule has 1 unspecified atom stereocenters. The molecule has 1 atom stereocenters. The molecule has 3 rings (SSSR count). The summed E-state index contributed by atoms with van der Waals surface area (Å²) in [7, 11) is -4.19. The van der Waals surface area contributed by atoms with Crippen LogP contribution in [-0.2, 0) is 10.1 Å². The molecule has 1 aromatic carbocycles. The van der Waals surface area contributed by atoms with E-state index in [4.69, 9.17) is 40.1 Å². The highest BCUT2D eigenvalue weighted by atomic mass is 32.2. The minimum Gasteiger partial charge on any atom is -0.493 e. The fourth-order valence-corrected chi connectivity index (χ4v) is 4.76. The molecule has 0 spiro atoms. The number of thiocarbonyl (C=S) groups is 2. The predicted octanol–water partition coefficient (Wildman–Crippen LogP) is 4.30. The van der Waals surface area contributed by atoms with Gasteiger partial charge in [-0.25, -0.2) is 0 Å². The van der Waals surface area contributed by atoms with Crippen LogP contribution in [0.15, 0.2) is 23.1 Å². The number of nitrogens with zero attached hydrogens (tertiary/aromatic N) is 1. The number of ether oxygens (including phenoxy) is 1. The Balaban J connectivity index is 0.000000262. The Morgan fingerprint density at radius 1 is 1.35 bits per heavy atom. The first-order valence-corrected chi connectivity index (χ1v) is 12.8. The van der Waals surface area contributed by atoms with Gasteiger partial charge in [0.1, 0.15) is 5.75 Å². The van der Waals surface area contributed by atoms with Crippen LogP contribution in [0.25, 0.3) is 0 Å². The lowest BCUT2D eigenvalue weighted by Crippen LogP contribution is -2.30. The molecular weight excluding hydrogens is 452 g/mol. The summed E-state index contributed by atoms with van der Waals surface area (Å²) in [5.41, 5.74) is 2.42. The van der Waals surface area contributed by atoms with E-state index in [0.29, 0.717) is 18.4 Å². The minimum atomic E-state index is -4.19. The van der Waals surface area contributed by atoms with Crippen LogP contribution < -0.4 is 10.1 Å². The molecule has 0 radical (unpaired) electrons. The molecule has 0 bridgehead atoms. The van der Waals surface area contributed by atoms with Gasteiger partial charge in [0, 0.05) is 18.6 Å². The summed E-state index contributed by atoms with van der Waals surface area (Å²) >= 11 is 9.77. The van der Waals surface area contributed by atoms with Gasteiger partial charge in [-0.1, -0.05) is 50.1 Å². The Bertz CT molecular complexity index is 906. The number of nitrogens with one attached hydrogen (secondary N) is 1. The maximum absolute atomic E-state index is 11.2. The summed E-state index contributed by atoms with van der Waals surface area (Å²) in [5.74, 6) is 0.884. The van der Waals surface area contributed by atoms with E-state index in [-0.39, 0.29) is 10.8 Å². The van der Waals surface area contributed by atoms with Crippen LogP contribution in [0.1, 0.15) is 63.4 Å². The molecule has 6 nitrogen and oxygen atoms in total. The third-order valence-corrected chi connectivity index (χ3v) is 6.76. The Morgan fingerprint density at radius 2 is 2.06 bits per heavy atom. The second-order valence-corrected chi connectivity index (χ2v) is 9.96. The van der Waals surface area contributed by atoms with Crippen molar-refractivity contribution in [1.82, 2.24) is 10.2 Å². The topological polar surface area (TPSA) is 78.9 Å². The van der Waals surface area contributed by atoms with Crippen molar-refractivity contribution >= 4 is 45.0 Å². The molecule has 1 heterocycles. The van der Waals surface area contributed by atoms with E-state index in [2.05, 4.69) is 11.4 Å². The highest BCUT2D eigenvalue weighted by Gasteiger charge is 2.23. The van der Waals surface area contributed by atoms with Gasteiger partial charge in [0.25, 0.3) is 10.1 Å². The number of hydrogen-bond acceptors (Lipinski definition) is 5. The Morgan fingerprint density at radius 3 is 2.65 bits per heavy atom. The van der Waals surface area contributed by atoms with Gasteiger partial charge < -0.3 is 10.1 Å². The molecule has 2 N–H and O–H groups in total. The van der Waals surface area contributed by atoms with Crippen LogP contribution in [0.3, 0.4) is 0 Å². The van der Waals surface area contributed by atoms with Crippen molar-refractivity contribution in [3.8, 4) is 18.2 Å². The molecule has 1 saturated carbocycles. The second-order valence-electron chi connectivity index (χ2n) is 7.71. The number of benzene rings is 1. The highest BCUT2D eigenvalue weighted by molar-refractivity contribution is 7.85. The number of hydrogen-bond donors (Lipinski definition) is 2. The van der Waals surface area contributed by atoms with E-state index < -0.39 is 10.1 Å². The maximum atomic E-state index is 11.2. The average Bonchev–Trinajstić information content (AvgIpc) is 2.75. The van der Waals surface area contributed by atoms with Crippen molar-refractivity contribution in [2.24, 2.45) is 0 Å². The van der Waals surface area contributed by atoms with E-state index in [9.17, 15) is 8.42 Å². The first kappa shape index (κ1) is 25.5. The van der Waals surface area contributed by atoms with Crippen molar-refractivity contribution in [2.45, 2.75) is 68.7 Å². The molecule has 2 aliphatic rings. The van der Waals surface area contributed by atoms with E-state index >= 15 is 0 Å². The lowest BCUT2D eigenvalue weighted by Gasteiger charge is -2.27. The van der Waals surface area contributed by atoms with Gasteiger partial charge >= 0.3 is 0 Å². The first-order chi connectivity index (χ1) is 14.8. The highest BCUT2D eigenvalue weighted by Crippen LogP contribution is 2.36. The van der Waals surface area contributed by atoms with Gasteiger partial charge in [-0.15, -0.1) is 0 Å². The van der Waals surface area contributed by atoms with Gasteiger partial charge in [0.2, 0.25) is 0 Å². The molecule has 1 aliphatic heterocycles. The van der Waals surface area contributed by atoms with Crippen LogP contribution >= 0.6 is 24.4 Å². The van der Waals surface area contributed by atoms with Crippen molar-refractivity contribution in [3.05, 3.63) is 23.8 Å². The molecule has 1 fully saturated rings. The van der Waals surface area contributed by atoms with Gasteiger partial charge in [0.05, 0.1) is 22.0 Å². The quantitative estimate of drug-likeness (QED) is 0.269. The van der Waals surface area contributed by atoms with Crippen LogP contribution in [0.2, 0.25) is 0 Å². The molecule has 0 saturated heterocycles. The van der Waals surface area contributed by atoms with Crippen LogP contribution in [0, 0.1) is 12.5 Å². The largest absolute Gasteiger partial charge is 0.493 e. The van der Waals surface area contributed by atoms with Gasteiger partial charge in [-0.3, -0.25) is 9.45 Å². The summed E-state index contributed by atoms with van der Waals surface area (Å²) in [4.78, 5) is 2.48. The van der Waals surface area contributed by atoms with E-state index in [0.717, 1.165) is 29.9 Å². The third kappa shape index (κ3) is 8.04. The SMILES string of the molecule is C#CN(C=S)C1CCCCC1.CC(=S)NCCC1CCOc2ccc(S(=O)(=O)O)cc21. The fraction of sp³-hybridized carbons (Fsp3) is 0.545. The monoisotopic (exact) mass is 482 g/mol. The normalized spacial score (nSPS) is 18.3. The van der Waals surface area contributed by atoms with E-state index in [1.165, 1.54) is 44.2 Å². The van der Waals surface area contributed by atoms with Gasteiger partial charge in [-0.05, 0) is 62.3 Å².